The van der Waals surface area contributed by atoms with E-state index < -0.39 is 11.8 Å². The summed E-state index contributed by atoms with van der Waals surface area (Å²) in [7, 11) is 9.14. The first-order valence-corrected chi connectivity index (χ1v) is 20.2. The van der Waals surface area contributed by atoms with Crippen LogP contribution in [0.5, 0.6) is 0 Å². The van der Waals surface area contributed by atoms with E-state index >= 15 is 0 Å². The second-order valence-electron chi connectivity index (χ2n) is 12.6. The van der Waals surface area contributed by atoms with Gasteiger partial charge >= 0.3 is 65.8 Å². The van der Waals surface area contributed by atoms with Gasteiger partial charge in [0.1, 0.15) is 0 Å². The Labute approximate surface area is 333 Å². The molecule has 278 valence electrons. The minimum absolute atomic E-state index is 0. The van der Waals surface area contributed by atoms with Gasteiger partial charge in [0.05, 0.1) is 0 Å². The van der Waals surface area contributed by atoms with E-state index in [0.717, 1.165) is 22.3 Å². The number of aryl methyl sites for hydroxylation is 8. The van der Waals surface area contributed by atoms with E-state index in [9.17, 15) is 9.59 Å². The van der Waals surface area contributed by atoms with Crippen LogP contribution in [-0.4, -0.2) is 21.4 Å². The molecular formula is C42H58Cl2N2O2Ru2. The quantitative estimate of drug-likeness (QED) is 0.0847. The summed E-state index contributed by atoms with van der Waals surface area (Å²) >= 11 is 3.64. The maximum absolute atomic E-state index is 10.2. The average Bonchev–Trinajstić information content (AvgIpc) is 3.00. The zero-order valence-electron chi connectivity index (χ0n) is 32.3. The van der Waals surface area contributed by atoms with E-state index in [1.165, 1.54) is 33.4 Å². The molecule has 0 fully saturated rings. The molecule has 4 aromatic rings. The SMILES string of the molecule is Cc1cc(C)cc(C)c1.Cc1cc(C)cc(C)c1.Cc1ccc(C(C)C)cc1[N-]C(=[OH+])C(=[OH+])[N-]c1cc(C(C)C)ccc1C.[CH3-].[CH3-].[Cl][Ru+].[Cl][Ru+]. The molecule has 8 heteroatoms. The van der Waals surface area contributed by atoms with Crippen molar-refractivity contribution < 1.29 is 44.2 Å². The Balaban J connectivity index is -0.000000755. The molecular weight excluding hydrogens is 838 g/mol. The third kappa shape index (κ3) is 19.9. The number of benzene rings is 4. The molecule has 0 aliphatic heterocycles. The fourth-order valence-corrected chi connectivity index (χ4v) is 4.94. The first kappa shape index (κ1) is 52.0. The van der Waals surface area contributed by atoms with Crippen LogP contribution in [0.3, 0.4) is 0 Å². The summed E-state index contributed by atoms with van der Waals surface area (Å²) in [5.74, 6) is -0.252. The molecule has 0 radical (unpaired) electrons. The van der Waals surface area contributed by atoms with E-state index in [4.69, 9.17) is 0 Å². The van der Waals surface area contributed by atoms with Crippen molar-refractivity contribution in [3.05, 3.63) is 154 Å². The first-order valence-electron chi connectivity index (χ1n) is 15.7. The second kappa shape index (κ2) is 27.3. The van der Waals surface area contributed by atoms with Crippen molar-refractivity contribution >= 4 is 42.6 Å². The normalized spacial score (nSPS) is 9.40. The third-order valence-corrected chi connectivity index (χ3v) is 7.18. The van der Waals surface area contributed by atoms with Crippen LogP contribution in [0.2, 0.25) is 0 Å². The molecule has 4 nitrogen and oxygen atoms in total. The van der Waals surface area contributed by atoms with Crippen molar-refractivity contribution in [3.63, 3.8) is 0 Å². The Morgan fingerprint density at radius 3 is 0.880 bits per heavy atom. The van der Waals surface area contributed by atoms with Crippen LogP contribution in [0.25, 0.3) is 10.6 Å². The molecule has 0 aromatic heterocycles. The predicted octanol–water partition coefficient (Wildman–Crippen LogP) is 13.8. The Hall–Kier alpha value is -2.35. The van der Waals surface area contributed by atoms with E-state index in [0.29, 0.717) is 23.2 Å². The second-order valence-corrected chi connectivity index (χ2v) is 12.6. The summed E-state index contributed by atoms with van der Waals surface area (Å²) < 4.78 is 0. The fraction of sp³-hybridized carbons (Fsp3) is 0.333. The molecule has 4 aromatic carbocycles. The van der Waals surface area contributed by atoms with Crippen molar-refractivity contribution in [2.45, 2.75) is 94.9 Å². The molecule has 4 rings (SSSR count). The summed E-state index contributed by atoms with van der Waals surface area (Å²) in [4.78, 5) is 20.4. The number of hydrogen-bond acceptors (Lipinski definition) is 0. The van der Waals surface area contributed by atoms with Crippen molar-refractivity contribution in [3.8, 4) is 0 Å². The summed E-state index contributed by atoms with van der Waals surface area (Å²) in [6.07, 6.45) is 0. The predicted molar refractivity (Wildman–Crippen MR) is 216 cm³/mol. The van der Waals surface area contributed by atoms with Crippen LogP contribution in [0, 0.1) is 70.2 Å². The minimum atomic E-state index is -0.483. The van der Waals surface area contributed by atoms with Crippen LogP contribution in [-0.2, 0) is 34.6 Å². The van der Waals surface area contributed by atoms with Gasteiger partial charge in [-0.3, -0.25) is 9.59 Å². The van der Waals surface area contributed by atoms with Gasteiger partial charge in [0.15, 0.2) is 0 Å². The number of rotatable bonds is 4. The van der Waals surface area contributed by atoms with Gasteiger partial charge in [-0.2, -0.15) is 0 Å². The number of hydrogen-bond donors (Lipinski definition) is 0. The van der Waals surface area contributed by atoms with Gasteiger partial charge < -0.3 is 25.5 Å². The summed E-state index contributed by atoms with van der Waals surface area (Å²) in [6.45, 7) is 25.0. The molecule has 0 saturated heterocycles. The first-order chi connectivity index (χ1) is 22.5. The maximum atomic E-state index is 10.2. The molecule has 0 aliphatic rings. The Morgan fingerprint density at radius 1 is 0.460 bits per heavy atom. The number of carbonyl (C=O) groups excluding carboxylic acids is 2. The fourth-order valence-electron chi connectivity index (χ4n) is 4.94. The van der Waals surface area contributed by atoms with Gasteiger partial charge in [0, 0.05) is 0 Å². The van der Waals surface area contributed by atoms with E-state index in [-0.39, 0.29) is 14.9 Å². The molecule has 2 N–H and O–H groups in total. The Kier molecular flexibility index (Phi) is 28.4. The zero-order valence-corrected chi connectivity index (χ0v) is 37.3. The summed E-state index contributed by atoms with van der Waals surface area (Å²) in [5.41, 5.74) is 13.5. The molecule has 0 unspecified atom stereocenters. The molecule has 0 spiro atoms. The Morgan fingerprint density at radius 2 is 0.680 bits per heavy atom. The van der Waals surface area contributed by atoms with Crippen molar-refractivity contribution in [2.24, 2.45) is 0 Å². The van der Waals surface area contributed by atoms with E-state index in [1.807, 2.05) is 84.9 Å². The summed E-state index contributed by atoms with van der Waals surface area (Å²) in [5, 5.41) is 8.35. The standard InChI is InChI=1S/C22H28N2O2.2C9H12.2CH3.2ClH.2Ru/c1-13(2)17-9-7-15(5)19(11-17)23-21(25)22(26)24-20-12-18(14(3)4)10-8-16(20)6;2*1-7-4-8(2)6-9(3)5-7;;;;;;/h7-14H,1-6H3,(H2,23,24,25,26);2*4-6H,1-3H3;2*1H3;2*1H;;/q;;;2*-1;;;2*+2/p-2. The van der Waals surface area contributed by atoms with Crippen LogP contribution in [0.15, 0.2) is 72.8 Å². The molecule has 0 heterocycles. The van der Waals surface area contributed by atoms with Gasteiger partial charge in [0.2, 0.25) is 0 Å². The topological polar surface area (TPSA) is 71.0 Å². The average molecular weight is 896 g/mol. The molecule has 50 heavy (non-hydrogen) atoms. The molecule has 0 bridgehead atoms. The molecule has 0 atom stereocenters. The monoisotopic (exact) mass is 896 g/mol. The summed E-state index contributed by atoms with van der Waals surface area (Å²) in [6, 6.07) is 25.0. The zero-order chi connectivity index (χ0) is 37.1. The number of nitrogens with zero attached hydrogens (tertiary/aromatic N) is 2. The van der Waals surface area contributed by atoms with Gasteiger partial charge in [-0.25, -0.2) is 0 Å². The van der Waals surface area contributed by atoms with E-state index in [1.54, 1.807) is 0 Å². The van der Waals surface area contributed by atoms with Crippen LogP contribution in [0.1, 0.15) is 95.2 Å². The number of amides is 2. The van der Waals surface area contributed by atoms with Gasteiger partial charge in [0.25, 0.3) is 0 Å². The van der Waals surface area contributed by atoms with Crippen molar-refractivity contribution in [1.82, 2.24) is 0 Å². The van der Waals surface area contributed by atoms with Gasteiger partial charge in [-0.1, -0.05) is 145 Å². The van der Waals surface area contributed by atoms with Gasteiger partial charge in [-0.05, 0) is 78.4 Å². The van der Waals surface area contributed by atoms with Crippen LogP contribution >= 0.6 is 19.4 Å². The third-order valence-electron chi connectivity index (χ3n) is 7.18. The molecule has 2 amide bonds. The van der Waals surface area contributed by atoms with E-state index in [2.05, 4.69) is 136 Å². The van der Waals surface area contributed by atoms with Gasteiger partial charge in [-0.15, -0.1) is 11.4 Å². The number of halogens is 2. The molecule has 0 saturated carbocycles. The van der Waals surface area contributed by atoms with Crippen molar-refractivity contribution in [1.29, 1.82) is 0 Å². The molecule has 0 aliphatic carbocycles. The van der Waals surface area contributed by atoms with Crippen LogP contribution < -0.4 is 0 Å². The van der Waals surface area contributed by atoms with Crippen molar-refractivity contribution in [2.75, 3.05) is 0 Å². The van der Waals surface area contributed by atoms with Crippen LogP contribution in [0.4, 0.5) is 11.4 Å². The Bertz CT molecular complexity index is 1390.